The van der Waals surface area contributed by atoms with Crippen molar-refractivity contribution >= 4 is 5.91 Å². The van der Waals surface area contributed by atoms with E-state index < -0.39 is 0 Å². The maximum atomic E-state index is 12.1. The zero-order valence-corrected chi connectivity index (χ0v) is 11.7. The van der Waals surface area contributed by atoms with Crippen LogP contribution in [0.1, 0.15) is 30.2 Å². The largest absolute Gasteiger partial charge is 0.454 e. The summed E-state index contributed by atoms with van der Waals surface area (Å²) in [4.78, 5) is 25.4. The molecule has 0 N–H and O–H groups in total. The third kappa shape index (κ3) is 2.99. The molecule has 5 nitrogen and oxygen atoms in total. The van der Waals surface area contributed by atoms with Crippen molar-refractivity contribution in [3.63, 3.8) is 0 Å². The van der Waals surface area contributed by atoms with E-state index in [1.54, 1.807) is 35.4 Å². The van der Waals surface area contributed by atoms with Gasteiger partial charge in [-0.3, -0.25) is 9.59 Å². The lowest BCUT2D eigenvalue weighted by atomic mass is 10.3. The Bertz CT molecular complexity index is 638. The first-order valence-corrected chi connectivity index (χ1v) is 6.69. The van der Waals surface area contributed by atoms with Gasteiger partial charge in [0, 0.05) is 25.4 Å². The van der Waals surface area contributed by atoms with Gasteiger partial charge in [-0.1, -0.05) is 6.07 Å². The molecular weight excluding hydrogens is 256 g/mol. The highest BCUT2D eigenvalue weighted by Crippen LogP contribution is 2.11. The first-order valence-electron chi connectivity index (χ1n) is 6.69. The summed E-state index contributed by atoms with van der Waals surface area (Å²) in [6.07, 6.45) is 1.69. The molecule has 0 saturated carbocycles. The fourth-order valence-electron chi connectivity index (χ4n) is 2.00. The lowest BCUT2D eigenvalue weighted by Gasteiger charge is -2.16. The average molecular weight is 274 g/mol. The molecule has 0 unspecified atom stereocenters. The number of pyridine rings is 1. The van der Waals surface area contributed by atoms with Crippen LogP contribution in [0.25, 0.3) is 0 Å². The summed E-state index contributed by atoms with van der Waals surface area (Å²) >= 11 is 0. The molecule has 0 atom stereocenters. The minimum absolute atomic E-state index is 0.0967. The Morgan fingerprint density at radius 2 is 1.95 bits per heavy atom. The molecule has 0 saturated heterocycles. The van der Waals surface area contributed by atoms with E-state index in [1.807, 2.05) is 13.8 Å². The fraction of sp³-hybridized carbons (Fsp3) is 0.333. The number of nitrogens with zero attached hydrogens (tertiary/aromatic N) is 2. The number of furan rings is 1. The zero-order valence-electron chi connectivity index (χ0n) is 11.7. The summed E-state index contributed by atoms with van der Waals surface area (Å²) in [6.45, 7) is 5.46. The van der Waals surface area contributed by atoms with Crippen molar-refractivity contribution in [3.05, 3.63) is 58.4 Å². The highest BCUT2D eigenvalue weighted by atomic mass is 16.4. The molecule has 2 aromatic rings. The van der Waals surface area contributed by atoms with Crippen LogP contribution in [0, 0.1) is 0 Å². The zero-order chi connectivity index (χ0) is 14.5. The fourth-order valence-corrected chi connectivity index (χ4v) is 2.00. The van der Waals surface area contributed by atoms with Crippen molar-refractivity contribution in [2.75, 3.05) is 13.1 Å². The number of aromatic nitrogens is 1. The first kappa shape index (κ1) is 14.1. The van der Waals surface area contributed by atoms with Crippen LogP contribution < -0.4 is 5.56 Å². The Morgan fingerprint density at radius 1 is 1.20 bits per heavy atom. The predicted octanol–water partition coefficient (Wildman–Crippen LogP) is 1.97. The minimum Gasteiger partial charge on any atom is -0.454 e. The van der Waals surface area contributed by atoms with E-state index in [0.29, 0.717) is 31.2 Å². The van der Waals surface area contributed by atoms with Gasteiger partial charge in [0.1, 0.15) is 5.76 Å². The molecule has 106 valence electrons. The Hall–Kier alpha value is -2.30. The van der Waals surface area contributed by atoms with Gasteiger partial charge in [0.25, 0.3) is 11.5 Å². The molecular formula is C15H18N2O3. The van der Waals surface area contributed by atoms with Crippen LogP contribution in [0.2, 0.25) is 0 Å². The van der Waals surface area contributed by atoms with Crippen LogP contribution >= 0.6 is 0 Å². The van der Waals surface area contributed by atoms with Crippen molar-refractivity contribution in [1.82, 2.24) is 9.47 Å². The van der Waals surface area contributed by atoms with Crippen LogP contribution in [0.3, 0.4) is 0 Å². The molecule has 0 aliphatic carbocycles. The second kappa shape index (κ2) is 6.23. The van der Waals surface area contributed by atoms with Gasteiger partial charge >= 0.3 is 0 Å². The summed E-state index contributed by atoms with van der Waals surface area (Å²) < 4.78 is 7.07. The second-order valence-electron chi connectivity index (χ2n) is 4.41. The van der Waals surface area contributed by atoms with Gasteiger partial charge in [-0.25, -0.2) is 0 Å². The van der Waals surface area contributed by atoms with Gasteiger partial charge in [0.2, 0.25) is 0 Å². The lowest BCUT2D eigenvalue weighted by molar-refractivity contribution is 0.0739. The maximum Gasteiger partial charge on any atom is 0.289 e. The van der Waals surface area contributed by atoms with Crippen molar-refractivity contribution in [2.24, 2.45) is 0 Å². The van der Waals surface area contributed by atoms with E-state index in [1.165, 1.54) is 10.6 Å². The van der Waals surface area contributed by atoms with E-state index >= 15 is 0 Å². The number of hydrogen-bond acceptors (Lipinski definition) is 3. The van der Waals surface area contributed by atoms with Crippen molar-refractivity contribution in [3.8, 4) is 0 Å². The minimum atomic E-state index is -0.123. The molecule has 0 aliphatic rings. The maximum absolute atomic E-state index is 12.1. The van der Waals surface area contributed by atoms with Crippen LogP contribution in [0.4, 0.5) is 0 Å². The topological polar surface area (TPSA) is 55.5 Å². The second-order valence-corrected chi connectivity index (χ2v) is 4.41. The summed E-state index contributed by atoms with van der Waals surface area (Å²) in [5, 5.41) is 0. The number of carbonyl (C=O) groups excluding carboxylic acids is 1. The standard InChI is InChI=1S/C15H18N2O3/c1-3-16(4-2)15(19)13-9-8-12(20-13)11-17-10-6-5-7-14(17)18/h5-10H,3-4,11H2,1-2H3. The van der Waals surface area contributed by atoms with Gasteiger partial charge in [0.05, 0.1) is 6.54 Å². The molecule has 0 spiro atoms. The van der Waals surface area contributed by atoms with Crippen molar-refractivity contribution in [2.45, 2.75) is 20.4 Å². The molecule has 0 aliphatic heterocycles. The monoisotopic (exact) mass is 274 g/mol. The number of hydrogen-bond donors (Lipinski definition) is 0. The van der Waals surface area contributed by atoms with Crippen LogP contribution in [0.15, 0.2) is 45.7 Å². The van der Waals surface area contributed by atoms with E-state index in [2.05, 4.69) is 0 Å². The SMILES string of the molecule is CCN(CC)C(=O)c1ccc(Cn2ccccc2=O)o1. The molecule has 5 heteroatoms. The molecule has 0 aromatic carbocycles. The van der Waals surface area contributed by atoms with E-state index in [9.17, 15) is 9.59 Å². The Labute approximate surface area is 117 Å². The highest BCUT2D eigenvalue weighted by Gasteiger charge is 2.16. The average Bonchev–Trinajstić information content (AvgIpc) is 2.91. The first-order chi connectivity index (χ1) is 9.65. The Kier molecular flexibility index (Phi) is 4.40. The number of carbonyl (C=O) groups is 1. The van der Waals surface area contributed by atoms with Crippen LogP contribution in [0.5, 0.6) is 0 Å². The molecule has 0 fully saturated rings. The number of amides is 1. The van der Waals surface area contributed by atoms with Gasteiger partial charge in [-0.05, 0) is 32.0 Å². The molecule has 2 rings (SSSR count). The summed E-state index contributed by atoms with van der Waals surface area (Å²) in [7, 11) is 0. The van der Waals surface area contributed by atoms with Gasteiger partial charge < -0.3 is 13.9 Å². The third-order valence-corrected chi connectivity index (χ3v) is 3.15. The summed E-state index contributed by atoms with van der Waals surface area (Å²) in [5.41, 5.74) is -0.0967. The Morgan fingerprint density at radius 3 is 2.60 bits per heavy atom. The predicted molar refractivity (Wildman–Crippen MR) is 75.8 cm³/mol. The van der Waals surface area contributed by atoms with Crippen molar-refractivity contribution in [1.29, 1.82) is 0 Å². The van der Waals surface area contributed by atoms with Crippen LogP contribution in [-0.2, 0) is 6.54 Å². The molecule has 0 bridgehead atoms. The van der Waals surface area contributed by atoms with Gasteiger partial charge in [-0.2, -0.15) is 0 Å². The smallest absolute Gasteiger partial charge is 0.289 e. The lowest BCUT2D eigenvalue weighted by Crippen LogP contribution is -2.30. The van der Waals surface area contributed by atoms with E-state index in [-0.39, 0.29) is 11.5 Å². The van der Waals surface area contributed by atoms with E-state index in [0.717, 1.165) is 0 Å². The molecule has 2 heterocycles. The van der Waals surface area contributed by atoms with Gasteiger partial charge in [0.15, 0.2) is 5.76 Å². The quantitative estimate of drug-likeness (QED) is 0.837. The molecule has 20 heavy (non-hydrogen) atoms. The summed E-state index contributed by atoms with van der Waals surface area (Å²) in [5.74, 6) is 0.781. The highest BCUT2D eigenvalue weighted by molar-refractivity contribution is 5.91. The molecule has 1 amide bonds. The third-order valence-electron chi connectivity index (χ3n) is 3.15. The molecule has 2 aromatic heterocycles. The van der Waals surface area contributed by atoms with Gasteiger partial charge in [-0.15, -0.1) is 0 Å². The normalized spacial score (nSPS) is 10.5. The number of rotatable bonds is 5. The summed E-state index contributed by atoms with van der Waals surface area (Å²) in [6, 6.07) is 8.35. The Balaban J connectivity index is 2.16. The van der Waals surface area contributed by atoms with Crippen molar-refractivity contribution < 1.29 is 9.21 Å². The molecule has 0 radical (unpaired) electrons. The van der Waals surface area contributed by atoms with E-state index in [4.69, 9.17) is 4.42 Å². The van der Waals surface area contributed by atoms with Crippen LogP contribution in [-0.4, -0.2) is 28.5 Å².